The molecule has 3 aromatic rings. The van der Waals surface area contributed by atoms with Crippen molar-refractivity contribution >= 4 is 17.3 Å². The number of hydrogen-bond donors (Lipinski definition) is 0. The highest BCUT2D eigenvalue weighted by molar-refractivity contribution is 7.13. The molecule has 176 valence electrons. The van der Waals surface area contributed by atoms with E-state index in [1.165, 1.54) is 5.56 Å². The standard InChI is InChI=1S/C26H32N2O4S/c1-4-30-25(29)26(3)13-6-14-28(18-26)17-20-8-10-21(11-9-20)31-15-12-22-19(2)32-24(27-22)23-7-5-16-33-23/h5,7-11,16H,4,6,12-15,17-18H2,1-3H3. The van der Waals surface area contributed by atoms with Crippen molar-refractivity contribution in [3.8, 4) is 16.5 Å². The van der Waals surface area contributed by atoms with E-state index in [0.29, 0.717) is 25.5 Å². The molecule has 0 saturated carbocycles. The summed E-state index contributed by atoms with van der Waals surface area (Å²) >= 11 is 1.62. The Labute approximate surface area is 199 Å². The molecule has 1 aliphatic heterocycles. The maximum atomic E-state index is 12.4. The number of nitrogens with zero attached hydrogens (tertiary/aromatic N) is 2. The highest BCUT2D eigenvalue weighted by Gasteiger charge is 2.39. The van der Waals surface area contributed by atoms with Crippen LogP contribution in [0, 0.1) is 12.3 Å². The number of thiophene rings is 1. The summed E-state index contributed by atoms with van der Waals surface area (Å²) in [5.74, 6) is 2.28. The number of esters is 1. The third kappa shape index (κ3) is 5.84. The lowest BCUT2D eigenvalue weighted by Crippen LogP contribution is -2.46. The summed E-state index contributed by atoms with van der Waals surface area (Å²) in [5, 5.41) is 2.02. The molecule has 0 radical (unpaired) electrons. The van der Waals surface area contributed by atoms with E-state index >= 15 is 0 Å². The number of likely N-dealkylation sites (tertiary alicyclic amines) is 1. The van der Waals surface area contributed by atoms with E-state index in [4.69, 9.17) is 13.9 Å². The molecule has 0 N–H and O–H groups in total. The Hall–Kier alpha value is -2.64. The Morgan fingerprint density at radius 1 is 1.27 bits per heavy atom. The van der Waals surface area contributed by atoms with Crippen LogP contribution in [0.4, 0.5) is 0 Å². The normalized spacial score (nSPS) is 18.9. The Morgan fingerprint density at radius 3 is 2.82 bits per heavy atom. The Kier molecular flexibility index (Phi) is 7.50. The van der Waals surface area contributed by atoms with Gasteiger partial charge in [0.05, 0.1) is 29.2 Å². The summed E-state index contributed by atoms with van der Waals surface area (Å²) in [7, 11) is 0. The third-order valence-electron chi connectivity index (χ3n) is 6.11. The lowest BCUT2D eigenvalue weighted by Gasteiger charge is -2.38. The van der Waals surface area contributed by atoms with E-state index in [-0.39, 0.29) is 5.97 Å². The number of carbonyl (C=O) groups excluding carboxylic acids is 1. The zero-order valence-corrected chi connectivity index (χ0v) is 20.5. The number of oxazole rings is 1. The van der Waals surface area contributed by atoms with Crippen molar-refractivity contribution in [3.05, 3.63) is 58.8 Å². The second kappa shape index (κ2) is 10.5. The molecule has 0 aliphatic carbocycles. The summed E-state index contributed by atoms with van der Waals surface area (Å²) in [6, 6.07) is 12.2. The van der Waals surface area contributed by atoms with Gasteiger partial charge in [0.15, 0.2) is 0 Å². The first-order chi connectivity index (χ1) is 16.0. The van der Waals surface area contributed by atoms with Crippen molar-refractivity contribution < 1.29 is 18.7 Å². The summed E-state index contributed by atoms with van der Waals surface area (Å²) in [6.45, 7) is 9.35. The lowest BCUT2D eigenvalue weighted by molar-refractivity contribution is -0.157. The van der Waals surface area contributed by atoms with E-state index in [9.17, 15) is 4.79 Å². The summed E-state index contributed by atoms with van der Waals surface area (Å²) in [6.07, 6.45) is 2.59. The first-order valence-corrected chi connectivity index (χ1v) is 12.5. The number of carbonyl (C=O) groups is 1. The average molecular weight is 469 g/mol. The third-order valence-corrected chi connectivity index (χ3v) is 6.96. The van der Waals surface area contributed by atoms with Crippen LogP contribution >= 0.6 is 11.3 Å². The molecule has 0 bridgehead atoms. The number of aryl methyl sites for hydroxylation is 1. The highest BCUT2D eigenvalue weighted by Crippen LogP contribution is 2.32. The van der Waals surface area contributed by atoms with Gasteiger partial charge in [0.1, 0.15) is 11.5 Å². The summed E-state index contributed by atoms with van der Waals surface area (Å²) in [4.78, 5) is 20.4. The zero-order chi connectivity index (χ0) is 23.3. The fourth-order valence-electron chi connectivity index (χ4n) is 4.33. The molecule has 1 atom stereocenters. The molecule has 3 heterocycles. The Bertz CT molecular complexity index is 1040. The Balaban J connectivity index is 1.27. The monoisotopic (exact) mass is 468 g/mol. The van der Waals surface area contributed by atoms with Gasteiger partial charge in [0.25, 0.3) is 0 Å². The van der Waals surface area contributed by atoms with E-state index < -0.39 is 5.41 Å². The number of aromatic nitrogens is 1. The van der Waals surface area contributed by atoms with Gasteiger partial charge < -0.3 is 13.9 Å². The van der Waals surface area contributed by atoms with Crippen molar-refractivity contribution in [1.29, 1.82) is 0 Å². The number of ether oxygens (including phenoxy) is 2. The van der Waals surface area contributed by atoms with E-state index in [2.05, 4.69) is 22.0 Å². The SMILES string of the molecule is CCOC(=O)C1(C)CCCN(Cc2ccc(OCCc3nc(-c4cccs4)oc3C)cc2)C1. The number of hydrogen-bond acceptors (Lipinski definition) is 7. The van der Waals surface area contributed by atoms with Gasteiger partial charge >= 0.3 is 5.97 Å². The molecule has 1 aromatic carbocycles. The largest absolute Gasteiger partial charge is 0.493 e. The number of piperidine rings is 1. The maximum absolute atomic E-state index is 12.4. The molecule has 6 nitrogen and oxygen atoms in total. The van der Waals surface area contributed by atoms with Gasteiger partial charge in [-0.2, -0.15) is 0 Å². The fraction of sp³-hybridized carbons (Fsp3) is 0.462. The van der Waals surface area contributed by atoms with Crippen LogP contribution in [0.3, 0.4) is 0 Å². The molecular formula is C26H32N2O4S. The average Bonchev–Trinajstić information content (AvgIpc) is 3.45. The molecule has 0 spiro atoms. The van der Waals surface area contributed by atoms with E-state index in [1.54, 1.807) is 11.3 Å². The topological polar surface area (TPSA) is 64.8 Å². The zero-order valence-electron chi connectivity index (χ0n) is 19.6. The molecule has 33 heavy (non-hydrogen) atoms. The first kappa shape index (κ1) is 23.5. The molecule has 2 aromatic heterocycles. The van der Waals surface area contributed by atoms with E-state index in [0.717, 1.165) is 54.6 Å². The fourth-order valence-corrected chi connectivity index (χ4v) is 4.98. The smallest absolute Gasteiger partial charge is 0.313 e. The molecule has 1 fully saturated rings. The van der Waals surface area contributed by atoms with Crippen molar-refractivity contribution in [2.75, 3.05) is 26.3 Å². The van der Waals surface area contributed by atoms with E-state index in [1.807, 2.05) is 50.4 Å². The van der Waals surface area contributed by atoms with Gasteiger partial charge in [-0.05, 0) is 69.3 Å². The molecule has 7 heteroatoms. The molecule has 0 amide bonds. The van der Waals surface area contributed by atoms with Crippen molar-refractivity contribution in [3.63, 3.8) is 0 Å². The second-order valence-electron chi connectivity index (χ2n) is 8.84. The van der Waals surface area contributed by atoms with Crippen molar-refractivity contribution in [2.45, 2.75) is 46.6 Å². The van der Waals surface area contributed by atoms with Gasteiger partial charge in [-0.3, -0.25) is 9.69 Å². The minimum Gasteiger partial charge on any atom is -0.493 e. The predicted octanol–water partition coefficient (Wildman–Crippen LogP) is 5.50. The molecular weight excluding hydrogens is 436 g/mol. The van der Waals surface area contributed by atoms with Gasteiger partial charge in [-0.15, -0.1) is 11.3 Å². The maximum Gasteiger partial charge on any atom is 0.313 e. The summed E-state index contributed by atoms with van der Waals surface area (Å²) in [5.41, 5.74) is 1.73. The van der Waals surface area contributed by atoms with Crippen LogP contribution in [0.25, 0.3) is 10.8 Å². The number of benzene rings is 1. The molecule has 1 aliphatic rings. The van der Waals surface area contributed by atoms with Gasteiger partial charge in [-0.25, -0.2) is 4.98 Å². The first-order valence-electron chi connectivity index (χ1n) is 11.6. The van der Waals surface area contributed by atoms with Crippen LogP contribution < -0.4 is 4.74 Å². The minimum atomic E-state index is -0.417. The Morgan fingerprint density at radius 2 is 2.09 bits per heavy atom. The predicted molar refractivity (Wildman–Crippen MR) is 129 cm³/mol. The number of rotatable bonds is 9. The van der Waals surface area contributed by atoms with Crippen LogP contribution in [0.2, 0.25) is 0 Å². The molecule has 1 saturated heterocycles. The minimum absolute atomic E-state index is 0.0803. The highest BCUT2D eigenvalue weighted by atomic mass is 32.1. The van der Waals surface area contributed by atoms with Crippen LogP contribution in [0.15, 0.2) is 46.2 Å². The second-order valence-corrected chi connectivity index (χ2v) is 9.78. The molecule has 1 unspecified atom stereocenters. The summed E-state index contributed by atoms with van der Waals surface area (Å²) < 4.78 is 17.1. The van der Waals surface area contributed by atoms with Crippen molar-refractivity contribution in [2.24, 2.45) is 5.41 Å². The van der Waals surface area contributed by atoms with Crippen LogP contribution in [-0.4, -0.2) is 42.2 Å². The van der Waals surface area contributed by atoms with Gasteiger partial charge in [0.2, 0.25) is 5.89 Å². The van der Waals surface area contributed by atoms with Crippen LogP contribution in [0.1, 0.15) is 43.7 Å². The lowest BCUT2D eigenvalue weighted by atomic mass is 9.82. The molecule has 4 rings (SSSR count). The van der Waals surface area contributed by atoms with Crippen molar-refractivity contribution in [1.82, 2.24) is 9.88 Å². The quantitative estimate of drug-likeness (QED) is 0.387. The van der Waals surface area contributed by atoms with Gasteiger partial charge in [0, 0.05) is 19.5 Å². The van der Waals surface area contributed by atoms with Crippen LogP contribution in [0.5, 0.6) is 5.75 Å². The van der Waals surface area contributed by atoms with Gasteiger partial charge in [-0.1, -0.05) is 18.2 Å². The van der Waals surface area contributed by atoms with Crippen LogP contribution in [-0.2, 0) is 22.5 Å².